The maximum atomic E-state index is 13.8. The fourth-order valence-corrected chi connectivity index (χ4v) is 3.73. The summed E-state index contributed by atoms with van der Waals surface area (Å²) in [6.07, 6.45) is 0.308. The van der Waals surface area contributed by atoms with E-state index in [9.17, 15) is 17.6 Å². The third-order valence-corrected chi connectivity index (χ3v) is 5.25. The minimum Gasteiger partial charge on any atom is -0.478 e. The number of carbonyl (C=O) groups excluding carboxylic acids is 1. The molecular weight excluding hydrogens is 359 g/mol. The minimum atomic E-state index is -3.53. The van der Waals surface area contributed by atoms with Gasteiger partial charge in [0.05, 0.1) is 17.6 Å². The Balaban J connectivity index is 1.89. The van der Waals surface area contributed by atoms with Gasteiger partial charge in [-0.1, -0.05) is 18.2 Å². The van der Waals surface area contributed by atoms with E-state index in [-0.39, 0.29) is 18.7 Å². The molecule has 1 amide bonds. The molecule has 1 heterocycles. The quantitative estimate of drug-likeness (QED) is 0.891. The van der Waals surface area contributed by atoms with Crippen molar-refractivity contribution in [3.63, 3.8) is 0 Å². The monoisotopic (exact) mass is 378 g/mol. The molecule has 6 nitrogen and oxygen atoms in total. The maximum Gasteiger partial charge on any atom is 0.265 e. The van der Waals surface area contributed by atoms with E-state index >= 15 is 0 Å². The van der Waals surface area contributed by atoms with E-state index in [2.05, 4.69) is 5.32 Å². The largest absolute Gasteiger partial charge is 0.478 e. The van der Waals surface area contributed by atoms with Crippen LogP contribution in [-0.4, -0.2) is 33.2 Å². The van der Waals surface area contributed by atoms with Crippen LogP contribution in [0.3, 0.4) is 0 Å². The average Bonchev–Trinajstić information content (AvgIpc) is 2.76. The van der Waals surface area contributed by atoms with Crippen LogP contribution in [0.15, 0.2) is 42.5 Å². The first kappa shape index (κ1) is 18.2. The number of halogens is 1. The number of amides is 1. The fraction of sp³-hybridized carbons (Fsp3) is 0.278. The van der Waals surface area contributed by atoms with Crippen LogP contribution in [0, 0.1) is 12.7 Å². The van der Waals surface area contributed by atoms with Crippen molar-refractivity contribution in [1.82, 2.24) is 0 Å². The summed E-state index contributed by atoms with van der Waals surface area (Å²) in [5.41, 5.74) is 1.32. The van der Waals surface area contributed by atoms with Crippen LogP contribution in [0.1, 0.15) is 12.0 Å². The predicted octanol–water partition coefficient (Wildman–Crippen LogP) is 2.69. The molecule has 138 valence electrons. The van der Waals surface area contributed by atoms with Crippen LogP contribution in [0.4, 0.5) is 15.8 Å². The smallest absolute Gasteiger partial charge is 0.265 e. The van der Waals surface area contributed by atoms with E-state index in [1.165, 1.54) is 22.5 Å². The highest BCUT2D eigenvalue weighted by Crippen LogP contribution is 2.35. The first-order valence-corrected chi connectivity index (χ1v) is 9.91. The van der Waals surface area contributed by atoms with Gasteiger partial charge in [0, 0.05) is 13.0 Å². The number of sulfonamides is 1. The van der Waals surface area contributed by atoms with Crippen LogP contribution in [0.2, 0.25) is 0 Å². The zero-order valence-electron chi connectivity index (χ0n) is 14.4. The van der Waals surface area contributed by atoms with Gasteiger partial charge in [-0.15, -0.1) is 0 Å². The van der Waals surface area contributed by atoms with Gasteiger partial charge >= 0.3 is 0 Å². The molecule has 0 fully saturated rings. The fourth-order valence-electron chi connectivity index (χ4n) is 2.79. The molecule has 8 heteroatoms. The first-order chi connectivity index (χ1) is 12.3. The summed E-state index contributed by atoms with van der Waals surface area (Å²) in [5, 5.41) is 2.50. The van der Waals surface area contributed by atoms with Crippen LogP contribution < -0.4 is 14.4 Å². The molecule has 1 atom stereocenters. The molecule has 3 rings (SSSR count). The first-order valence-electron chi connectivity index (χ1n) is 8.06. The SMILES string of the molecule is Cc1ccc2c(c1)N(S(C)(=O)=O)CC[C@@H](C(=O)Nc1ccccc1F)O2. The van der Waals surface area contributed by atoms with Crippen molar-refractivity contribution in [2.24, 2.45) is 0 Å². The van der Waals surface area contributed by atoms with Gasteiger partial charge in [0.2, 0.25) is 10.0 Å². The molecule has 1 aliphatic rings. The highest BCUT2D eigenvalue weighted by atomic mass is 32.2. The highest BCUT2D eigenvalue weighted by molar-refractivity contribution is 7.92. The second-order valence-electron chi connectivity index (χ2n) is 6.17. The summed E-state index contributed by atoms with van der Waals surface area (Å²) in [7, 11) is -3.53. The molecular formula is C18H19FN2O4S. The molecule has 0 radical (unpaired) electrons. The van der Waals surface area contributed by atoms with Crippen molar-refractivity contribution < 1.29 is 22.3 Å². The zero-order chi connectivity index (χ0) is 18.9. The van der Waals surface area contributed by atoms with Crippen LogP contribution in [0.25, 0.3) is 0 Å². The lowest BCUT2D eigenvalue weighted by Crippen LogP contribution is -2.36. The molecule has 0 aliphatic carbocycles. The number of nitrogens with zero attached hydrogens (tertiary/aromatic N) is 1. The number of fused-ring (bicyclic) bond motifs is 1. The third kappa shape index (κ3) is 3.80. The van der Waals surface area contributed by atoms with Gasteiger partial charge < -0.3 is 10.1 Å². The average molecular weight is 378 g/mol. The summed E-state index contributed by atoms with van der Waals surface area (Å²) in [4.78, 5) is 12.5. The van der Waals surface area contributed by atoms with Gasteiger partial charge in [0.1, 0.15) is 11.6 Å². The minimum absolute atomic E-state index is 0.0504. The number of hydrogen-bond donors (Lipinski definition) is 1. The van der Waals surface area contributed by atoms with Gasteiger partial charge in [0.15, 0.2) is 6.10 Å². The Kier molecular flexibility index (Phi) is 4.86. The van der Waals surface area contributed by atoms with Crippen LogP contribution in [0.5, 0.6) is 5.75 Å². The topological polar surface area (TPSA) is 75.7 Å². The van der Waals surface area contributed by atoms with E-state index in [1.54, 1.807) is 24.3 Å². The Bertz CT molecular complexity index is 946. The Labute approximate surface area is 151 Å². The summed E-state index contributed by atoms with van der Waals surface area (Å²) in [5.74, 6) is -0.785. The lowest BCUT2D eigenvalue weighted by atomic mass is 10.2. The van der Waals surface area contributed by atoms with Crippen molar-refractivity contribution >= 4 is 27.3 Å². The number of nitrogens with one attached hydrogen (secondary N) is 1. The predicted molar refractivity (Wildman–Crippen MR) is 97.4 cm³/mol. The van der Waals surface area contributed by atoms with Crippen molar-refractivity contribution in [3.8, 4) is 5.75 Å². The lowest BCUT2D eigenvalue weighted by molar-refractivity contribution is -0.122. The summed E-state index contributed by atoms with van der Waals surface area (Å²) >= 11 is 0. The van der Waals surface area contributed by atoms with E-state index in [1.807, 2.05) is 6.92 Å². The molecule has 1 N–H and O–H groups in total. The van der Waals surface area contributed by atoms with E-state index in [0.29, 0.717) is 11.4 Å². The number of benzene rings is 2. The molecule has 0 saturated carbocycles. The van der Waals surface area contributed by atoms with Crippen LogP contribution in [-0.2, 0) is 14.8 Å². The van der Waals surface area contributed by atoms with Gasteiger partial charge in [-0.05, 0) is 36.8 Å². The number of ether oxygens (including phenoxy) is 1. The van der Waals surface area contributed by atoms with Crippen molar-refractivity contribution in [2.75, 3.05) is 22.4 Å². The molecule has 2 aromatic rings. The second kappa shape index (κ2) is 6.95. The van der Waals surface area contributed by atoms with Crippen molar-refractivity contribution in [2.45, 2.75) is 19.4 Å². The van der Waals surface area contributed by atoms with Crippen molar-refractivity contribution in [1.29, 1.82) is 0 Å². The summed E-state index contributed by atoms with van der Waals surface area (Å²) in [6.45, 7) is 1.93. The molecule has 0 aromatic heterocycles. The van der Waals surface area contributed by atoms with Gasteiger partial charge in [-0.3, -0.25) is 9.10 Å². The number of aryl methyl sites for hydroxylation is 1. The lowest BCUT2D eigenvalue weighted by Gasteiger charge is -2.21. The van der Waals surface area contributed by atoms with E-state index in [0.717, 1.165) is 11.8 Å². The Morgan fingerprint density at radius 1 is 1.27 bits per heavy atom. The summed E-state index contributed by atoms with van der Waals surface area (Å²) < 4.78 is 45.0. The molecule has 1 aliphatic heterocycles. The molecule has 2 aromatic carbocycles. The van der Waals surface area contributed by atoms with Crippen LogP contribution >= 0.6 is 0 Å². The number of rotatable bonds is 3. The van der Waals surface area contributed by atoms with Gasteiger partial charge in [-0.2, -0.15) is 0 Å². The van der Waals surface area contributed by atoms with E-state index < -0.39 is 27.9 Å². The Morgan fingerprint density at radius 3 is 2.69 bits per heavy atom. The number of carbonyl (C=O) groups is 1. The Hall–Kier alpha value is -2.61. The van der Waals surface area contributed by atoms with Gasteiger partial charge in [0.25, 0.3) is 5.91 Å². The molecule has 26 heavy (non-hydrogen) atoms. The number of hydrogen-bond acceptors (Lipinski definition) is 4. The molecule has 0 unspecified atom stereocenters. The number of anilines is 2. The van der Waals surface area contributed by atoms with E-state index in [4.69, 9.17) is 4.74 Å². The molecule has 0 saturated heterocycles. The second-order valence-corrected chi connectivity index (χ2v) is 8.08. The normalized spacial score (nSPS) is 17.0. The van der Waals surface area contributed by atoms with Gasteiger partial charge in [-0.25, -0.2) is 12.8 Å². The maximum absolute atomic E-state index is 13.8. The number of para-hydroxylation sites is 1. The standard InChI is InChI=1S/C18H19FN2O4S/c1-12-7-8-16-15(11-12)21(26(2,23)24)10-9-17(25-16)18(22)20-14-6-4-3-5-13(14)19/h3-8,11,17H,9-10H2,1-2H3,(H,20,22)/t17-/m0/s1. The third-order valence-electron chi connectivity index (χ3n) is 4.07. The zero-order valence-corrected chi connectivity index (χ0v) is 15.2. The summed E-state index contributed by atoms with van der Waals surface area (Å²) in [6, 6.07) is 10.9. The molecule has 0 spiro atoms. The Morgan fingerprint density at radius 2 is 2.00 bits per heavy atom. The molecule has 0 bridgehead atoms. The van der Waals surface area contributed by atoms with Crippen molar-refractivity contribution in [3.05, 3.63) is 53.8 Å². The highest BCUT2D eigenvalue weighted by Gasteiger charge is 2.31.